The van der Waals surface area contributed by atoms with Crippen molar-refractivity contribution in [3.8, 4) is 11.1 Å². The molecule has 0 heterocycles. The van der Waals surface area contributed by atoms with Gasteiger partial charge in [-0.3, -0.25) is 4.55 Å². The van der Waals surface area contributed by atoms with Crippen LogP contribution in [0.25, 0.3) is 11.1 Å². The summed E-state index contributed by atoms with van der Waals surface area (Å²) in [5.74, 6) is 0. The smallest absolute Gasteiger partial charge is 0.282 e. The molecule has 12 heteroatoms. The topological polar surface area (TPSA) is 54.4 Å². The monoisotopic (exact) mass is 725 g/mol. The minimum absolute atomic E-state index is 0.0385. The Balaban J connectivity index is 3.08. The molecule has 0 aliphatic rings. The largest absolute Gasteiger partial charge is 0.296 e. The molecule has 0 radical (unpaired) electrons. The van der Waals surface area contributed by atoms with Crippen molar-refractivity contribution >= 4 is 125 Å². The molecular formula is C12H2Br5Cl3O3S. The van der Waals surface area contributed by atoms with E-state index < -0.39 is 15.0 Å². The SMILES string of the molecule is O=S(=O)(O)c1cc(Cl)c(Cl)c(-c2c(Br)c(Br)c(Br)c(Br)c2Br)c1Cl. The maximum absolute atomic E-state index is 11.6. The van der Waals surface area contributed by atoms with Crippen molar-refractivity contribution in [2.75, 3.05) is 0 Å². The number of rotatable bonds is 2. The van der Waals surface area contributed by atoms with Crippen LogP contribution in [0.15, 0.2) is 33.3 Å². The van der Waals surface area contributed by atoms with Crippen LogP contribution < -0.4 is 0 Å². The first-order valence-corrected chi connectivity index (χ1v) is 12.1. The van der Waals surface area contributed by atoms with Gasteiger partial charge in [-0.15, -0.1) is 0 Å². The molecule has 0 unspecified atom stereocenters. The molecule has 3 nitrogen and oxygen atoms in total. The summed E-state index contributed by atoms with van der Waals surface area (Å²) in [6.07, 6.45) is 0. The number of halogens is 8. The van der Waals surface area contributed by atoms with Gasteiger partial charge >= 0.3 is 0 Å². The second-order valence-electron chi connectivity index (χ2n) is 4.28. The van der Waals surface area contributed by atoms with Crippen molar-refractivity contribution in [2.24, 2.45) is 0 Å². The van der Waals surface area contributed by atoms with E-state index in [2.05, 4.69) is 79.6 Å². The van der Waals surface area contributed by atoms with Crippen LogP contribution >= 0.6 is 114 Å². The van der Waals surface area contributed by atoms with Crippen molar-refractivity contribution in [3.63, 3.8) is 0 Å². The Hall–Kier alpha value is 1.62. The molecule has 0 aromatic heterocycles. The zero-order chi connectivity index (χ0) is 18.6. The summed E-state index contributed by atoms with van der Waals surface area (Å²) < 4.78 is 35.6. The highest BCUT2D eigenvalue weighted by atomic mass is 79.9. The molecule has 0 saturated carbocycles. The number of benzene rings is 2. The highest BCUT2D eigenvalue weighted by Crippen LogP contribution is 2.53. The molecular weight excluding hydrogens is 730 g/mol. The van der Waals surface area contributed by atoms with Gasteiger partial charge in [-0.1, -0.05) is 34.8 Å². The molecule has 0 atom stereocenters. The summed E-state index contributed by atoms with van der Waals surface area (Å²) in [7, 11) is -4.60. The second-order valence-corrected chi connectivity index (χ2v) is 10.8. The molecule has 1 N–H and O–H groups in total. The second kappa shape index (κ2) is 7.93. The molecule has 130 valence electrons. The first kappa shape index (κ1) is 21.9. The minimum atomic E-state index is -4.60. The summed E-state index contributed by atoms with van der Waals surface area (Å²) in [6.45, 7) is 0. The van der Waals surface area contributed by atoms with Gasteiger partial charge < -0.3 is 0 Å². The van der Waals surface area contributed by atoms with Gasteiger partial charge in [0.15, 0.2) is 0 Å². The Kier molecular flexibility index (Phi) is 7.24. The van der Waals surface area contributed by atoms with Gasteiger partial charge in [0, 0.05) is 33.5 Å². The predicted octanol–water partition coefficient (Wildman–Crippen LogP) is 8.37. The molecule has 2 rings (SSSR count). The first-order valence-electron chi connectivity index (χ1n) is 5.56. The van der Waals surface area contributed by atoms with Crippen molar-refractivity contribution in [3.05, 3.63) is 43.5 Å². The number of hydrogen-bond donors (Lipinski definition) is 1. The lowest BCUT2D eigenvalue weighted by molar-refractivity contribution is 0.483. The van der Waals surface area contributed by atoms with Crippen LogP contribution in [0.4, 0.5) is 0 Å². The van der Waals surface area contributed by atoms with Crippen LogP contribution in [-0.2, 0) is 10.1 Å². The Morgan fingerprint density at radius 1 is 0.750 bits per heavy atom. The summed E-state index contributed by atoms with van der Waals surface area (Å²) >= 11 is 35.6. The summed E-state index contributed by atoms with van der Waals surface area (Å²) in [6, 6.07) is 0.996. The molecule has 0 amide bonds. The summed E-state index contributed by atoms with van der Waals surface area (Å²) in [5.41, 5.74) is 0.588. The van der Waals surface area contributed by atoms with Gasteiger partial charge in [0.25, 0.3) is 10.1 Å². The van der Waals surface area contributed by atoms with E-state index in [1.165, 1.54) is 0 Å². The van der Waals surface area contributed by atoms with Gasteiger partial charge in [-0.25, -0.2) is 0 Å². The molecule has 0 aliphatic heterocycles. The van der Waals surface area contributed by atoms with Crippen LogP contribution in [0.2, 0.25) is 15.1 Å². The van der Waals surface area contributed by atoms with E-state index in [-0.39, 0.29) is 20.6 Å². The van der Waals surface area contributed by atoms with E-state index in [0.29, 0.717) is 27.9 Å². The lowest BCUT2D eigenvalue weighted by atomic mass is 10.1. The fourth-order valence-electron chi connectivity index (χ4n) is 1.81. The highest BCUT2D eigenvalue weighted by Gasteiger charge is 2.28. The first-order chi connectivity index (χ1) is 10.9. The van der Waals surface area contributed by atoms with Crippen molar-refractivity contribution in [1.29, 1.82) is 0 Å². The molecule has 24 heavy (non-hydrogen) atoms. The highest BCUT2D eigenvalue weighted by molar-refractivity contribution is 9.15. The van der Waals surface area contributed by atoms with E-state index >= 15 is 0 Å². The summed E-state index contributed by atoms with van der Waals surface area (Å²) in [4.78, 5) is -0.539. The Morgan fingerprint density at radius 2 is 1.17 bits per heavy atom. The van der Waals surface area contributed by atoms with E-state index in [1.807, 2.05) is 0 Å². The fraction of sp³-hybridized carbons (Fsp3) is 0. The van der Waals surface area contributed by atoms with Gasteiger partial charge in [-0.05, 0) is 85.7 Å². The van der Waals surface area contributed by atoms with E-state index in [0.717, 1.165) is 6.07 Å². The third-order valence-electron chi connectivity index (χ3n) is 2.86. The quantitative estimate of drug-likeness (QED) is 0.192. The van der Waals surface area contributed by atoms with Crippen molar-refractivity contribution < 1.29 is 13.0 Å². The van der Waals surface area contributed by atoms with E-state index in [4.69, 9.17) is 34.8 Å². The lowest BCUT2D eigenvalue weighted by Gasteiger charge is -2.18. The molecule has 0 saturated heterocycles. The van der Waals surface area contributed by atoms with Gasteiger partial charge in [-0.2, -0.15) is 8.42 Å². The maximum Gasteiger partial charge on any atom is 0.296 e. The van der Waals surface area contributed by atoms with Crippen LogP contribution in [0.3, 0.4) is 0 Å². The fourth-order valence-corrected chi connectivity index (χ4v) is 6.95. The van der Waals surface area contributed by atoms with Crippen molar-refractivity contribution in [2.45, 2.75) is 4.90 Å². The Labute approximate surface area is 194 Å². The zero-order valence-electron chi connectivity index (χ0n) is 10.8. The van der Waals surface area contributed by atoms with Gasteiger partial charge in [0.2, 0.25) is 0 Å². The van der Waals surface area contributed by atoms with Crippen LogP contribution in [0, 0.1) is 0 Å². The van der Waals surface area contributed by atoms with E-state index in [9.17, 15) is 13.0 Å². The van der Waals surface area contributed by atoms with Crippen LogP contribution in [-0.4, -0.2) is 13.0 Å². The lowest BCUT2D eigenvalue weighted by Crippen LogP contribution is -2.02. The number of hydrogen-bond acceptors (Lipinski definition) is 2. The third-order valence-corrected chi connectivity index (χ3v) is 11.1. The molecule has 0 aliphatic carbocycles. The minimum Gasteiger partial charge on any atom is -0.282 e. The standard InChI is InChI=1S/C12H2Br5Cl3O3S/c13-6-4(7(14)9(16)10(17)8(6)15)5-11(19)2(18)1-3(12(5)20)24(21,22)23/h1H,(H,21,22,23). The predicted molar refractivity (Wildman–Crippen MR) is 115 cm³/mol. The van der Waals surface area contributed by atoms with Crippen LogP contribution in [0.1, 0.15) is 0 Å². The van der Waals surface area contributed by atoms with E-state index in [1.54, 1.807) is 0 Å². The normalized spacial score (nSPS) is 11.9. The maximum atomic E-state index is 11.6. The third kappa shape index (κ3) is 3.91. The van der Waals surface area contributed by atoms with Crippen molar-refractivity contribution in [1.82, 2.24) is 0 Å². The molecule has 0 bridgehead atoms. The van der Waals surface area contributed by atoms with Crippen LogP contribution in [0.5, 0.6) is 0 Å². The Bertz CT molecular complexity index is 950. The van der Waals surface area contributed by atoms with Gasteiger partial charge in [0.1, 0.15) is 4.90 Å². The summed E-state index contributed by atoms with van der Waals surface area (Å²) in [5, 5.41) is -0.288. The average Bonchev–Trinajstić information content (AvgIpc) is 2.49. The van der Waals surface area contributed by atoms with Gasteiger partial charge in [0.05, 0.1) is 15.1 Å². The Morgan fingerprint density at radius 3 is 1.58 bits per heavy atom. The molecule has 2 aromatic rings. The average molecular weight is 732 g/mol. The zero-order valence-corrected chi connectivity index (χ0v) is 21.8. The molecule has 0 fully saturated rings. The molecule has 2 aromatic carbocycles. The molecule has 0 spiro atoms.